The van der Waals surface area contributed by atoms with E-state index >= 15 is 0 Å². The normalized spacial score (nSPS) is 16.8. The maximum atomic E-state index is 13.3. The molecule has 7 nitrogen and oxygen atoms in total. The third-order valence-corrected chi connectivity index (χ3v) is 4.83. The number of halogens is 2. The fourth-order valence-corrected chi connectivity index (χ4v) is 3.44. The molecular formula is C16H14F2N4O3S. The lowest BCUT2D eigenvalue weighted by molar-refractivity contribution is -0.133. The minimum absolute atomic E-state index is 0.193. The van der Waals surface area contributed by atoms with Crippen LogP contribution < -0.4 is 11.1 Å². The van der Waals surface area contributed by atoms with Gasteiger partial charge in [0.05, 0.1) is 12.7 Å². The quantitative estimate of drug-likeness (QED) is 0.804. The van der Waals surface area contributed by atoms with Crippen LogP contribution in [0.4, 0.5) is 8.78 Å². The number of hydrogen-bond donors (Lipinski definition) is 2. The fourth-order valence-electron chi connectivity index (χ4n) is 2.64. The number of amides is 3. The maximum absolute atomic E-state index is 13.3. The number of thiazole rings is 1. The highest BCUT2D eigenvalue weighted by Gasteiger charge is 2.33. The van der Waals surface area contributed by atoms with Crippen LogP contribution in [0, 0.1) is 11.6 Å². The summed E-state index contributed by atoms with van der Waals surface area (Å²) < 4.78 is 26.6. The molecule has 1 saturated heterocycles. The highest BCUT2D eigenvalue weighted by atomic mass is 32.1. The maximum Gasteiger partial charge on any atom is 0.263 e. The highest BCUT2D eigenvalue weighted by Crippen LogP contribution is 2.26. The van der Waals surface area contributed by atoms with Gasteiger partial charge in [-0.25, -0.2) is 13.8 Å². The Balaban J connectivity index is 1.69. The molecule has 3 N–H and O–H groups in total. The summed E-state index contributed by atoms with van der Waals surface area (Å²) in [5.41, 5.74) is 5.29. The van der Waals surface area contributed by atoms with Crippen molar-refractivity contribution in [3.8, 4) is 10.6 Å². The van der Waals surface area contributed by atoms with Crippen LogP contribution in [0.25, 0.3) is 10.6 Å². The lowest BCUT2D eigenvalue weighted by Crippen LogP contribution is -2.43. The van der Waals surface area contributed by atoms with Crippen LogP contribution in [0.15, 0.2) is 24.4 Å². The molecule has 2 heterocycles. The molecule has 2 aromatic rings. The van der Waals surface area contributed by atoms with Crippen molar-refractivity contribution >= 4 is 29.1 Å². The van der Waals surface area contributed by atoms with E-state index in [4.69, 9.17) is 5.73 Å². The number of primary amides is 1. The topological polar surface area (TPSA) is 105 Å². The molecule has 0 unspecified atom stereocenters. The largest absolute Gasteiger partial charge is 0.368 e. The first-order chi connectivity index (χ1) is 12.3. The van der Waals surface area contributed by atoms with Crippen molar-refractivity contribution in [1.82, 2.24) is 15.2 Å². The Bertz CT molecular complexity index is 866. The van der Waals surface area contributed by atoms with Crippen LogP contribution in [0.3, 0.4) is 0 Å². The number of nitrogens with one attached hydrogen (secondary N) is 1. The number of carbonyl (C=O) groups is 3. The van der Waals surface area contributed by atoms with Crippen LogP contribution in [0.1, 0.15) is 16.1 Å². The molecule has 26 heavy (non-hydrogen) atoms. The standard InChI is InChI=1S/C16H14F2N4O3S/c17-9-3-8(4-10(18)5-9)15-20-6-12(26-15)14(24)21-11-1-2-22(16(11)25)7-13(19)23/h3-6,11H,1-2,7H2,(H2,19,23)(H,21,24)/t11-/m0/s1. The number of hydrogen-bond acceptors (Lipinski definition) is 5. The second kappa shape index (κ2) is 7.16. The molecule has 1 aliphatic rings. The summed E-state index contributed by atoms with van der Waals surface area (Å²) in [6, 6.07) is 2.23. The van der Waals surface area contributed by atoms with Crippen LogP contribution in [0.2, 0.25) is 0 Å². The average Bonchev–Trinajstić information content (AvgIpc) is 3.16. The monoisotopic (exact) mass is 380 g/mol. The summed E-state index contributed by atoms with van der Waals surface area (Å²) >= 11 is 0.952. The Morgan fingerprint density at radius 3 is 2.65 bits per heavy atom. The van der Waals surface area contributed by atoms with E-state index in [0.29, 0.717) is 13.0 Å². The number of likely N-dealkylation sites (tertiary alicyclic amines) is 1. The predicted molar refractivity (Wildman–Crippen MR) is 89.1 cm³/mol. The van der Waals surface area contributed by atoms with Crippen LogP contribution in [-0.4, -0.2) is 46.7 Å². The molecule has 1 aromatic heterocycles. The van der Waals surface area contributed by atoms with Crippen LogP contribution in [-0.2, 0) is 9.59 Å². The second-order valence-electron chi connectivity index (χ2n) is 5.73. The highest BCUT2D eigenvalue weighted by molar-refractivity contribution is 7.16. The van der Waals surface area contributed by atoms with E-state index in [0.717, 1.165) is 29.5 Å². The number of nitrogens with zero attached hydrogens (tertiary/aromatic N) is 2. The molecule has 136 valence electrons. The lowest BCUT2D eigenvalue weighted by Gasteiger charge is -2.14. The van der Waals surface area contributed by atoms with Gasteiger partial charge in [0, 0.05) is 18.2 Å². The van der Waals surface area contributed by atoms with E-state index in [1.165, 1.54) is 11.1 Å². The van der Waals surface area contributed by atoms with Crippen molar-refractivity contribution in [2.24, 2.45) is 5.73 Å². The Morgan fingerprint density at radius 1 is 1.31 bits per heavy atom. The first kappa shape index (κ1) is 17.9. The minimum atomic E-state index is -0.751. The molecule has 0 bridgehead atoms. The first-order valence-corrected chi connectivity index (χ1v) is 8.45. The van der Waals surface area contributed by atoms with E-state index in [-0.39, 0.29) is 27.9 Å². The third kappa shape index (κ3) is 3.85. The van der Waals surface area contributed by atoms with Gasteiger partial charge in [0.1, 0.15) is 27.6 Å². The Kier molecular flexibility index (Phi) is 4.94. The first-order valence-electron chi connectivity index (χ1n) is 7.64. The smallest absolute Gasteiger partial charge is 0.263 e. The van der Waals surface area contributed by atoms with Gasteiger partial charge in [-0.2, -0.15) is 0 Å². The van der Waals surface area contributed by atoms with E-state index < -0.39 is 29.5 Å². The van der Waals surface area contributed by atoms with Crippen molar-refractivity contribution in [1.29, 1.82) is 0 Å². The molecule has 1 fully saturated rings. The second-order valence-corrected chi connectivity index (χ2v) is 6.76. The van der Waals surface area contributed by atoms with Gasteiger partial charge < -0.3 is 16.0 Å². The summed E-state index contributed by atoms with van der Waals surface area (Å²) in [7, 11) is 0. The van der Waals surface area contributed by atoms with Crippen LogP contribution >= 0.6 is 11.3 Å². The van der Waals surface area contributed by atoms with Crippen molar-refractivity contribution in [2.45, 2.75) is 12.5 Å². The average molecular weight is 380 g/mol. The van der Waals surface area contributed by atoms with Gasteiger partial charge in [-0.1, -0.05) is 0 Å². The number of benzene rings is 1. The summed E-state index contributed by atoms with van der Waals surface area (Å²) in [5.74, 6) is -3.02. The summed E-state index contributed by atoms with van der Waals surface area (Å²) in [6.45, 7) is 0.129. The summed E-state index contributed by atoms with van der Waals surface area (Å²) in [6.07, 6.45) is 1.64. The number of aromatic nitrogens is 1. The number of nitrogens with two attached hydrogens (primary N) is 1. The fraction of sp³-hybridized carbons (Fsp3) is 0.250. The van der Waals surface area contributed by atoms with Gasteiger partial charge in [0.15, 0.2) is 0 Å². The molecule has 3 rings (SSSR count). The molecule has 0 saturated carbocycles. The molecule has 0 spiro atoms. The Hall–Kier alpha value is -2.88. The molecule has 3 amide bonds. The van der Waals surface area contributed by atoms with Crippen molar-refractivity contribution in [2.75, 3.05) is 13.1 Å². The Morgan fingerprint density at radius 2 is 2.00 bits per heavy atom. The zero-order chi connectivity index (χ0) is 18.8. The van der Waals surface area contributed by atoms with E-state index in [1.54, 1.807) is 0 Å². The van der Waals surface area contributed by atoms with Gasteiger partial charge in [-0.3, -0.25) is 14.4 Å². The zero-order valence-electron chi connectivity index (χ0n) is 13.4. The lowest BCUT2D eigenvalue weighted by atomic mass is 10.2. The van der Waals surface area contributed by atoms with Crippen molar-refractivity contribution in [3.05, 3.63) is 40.9 Å². The van der Waals surface area contributed by atoms with Gasteiger partial charge in [0.25, 0.3) is 5.91 Å². The third-order valence-electron chi connectivity index (χ3n) is 3.79. The number of rotatable bonds is 5. The molecule has 0 radical (unpaired) electrons. The Labute approximate surface area is 150 Å². The molecule has 0 aliphatic carbocycles. The summed E-state index contributed by atoms with van der Waals surface area (Å²) in [4.78, 5) is 40.8. The molecule has 10 heteroatoms. The zero-order valence-corrected chi connectivity index (χ0v) is 14.2. The van der Waals surface area contributed by atoms with Crippen molar-refractivity contribution < 1.29 is 23.2 Å². The van der Waals surface area contributed by atoms with Crippen molar-refractivity contribution in [3.63, 3.8) is 0 Å². The summed E-state index contributed by atoms with van der Waals surface area (Å²) in [5, 5.41) is 2.86. The van der Waals surface area contributed by atoms with Gasteiger partial charge in [-0.05, 0) is 18.6 Å². The van der Waals surface area contributed by atoms with Gasteiger partial charge in [-0.15, -0.1) is 11.3 Å². The SMILES string of the molecule is NC(=O)CN1CC[C@H](NC(=O)c2cnc(-c3cc(F)cc(F)c3)s2)C1=O. The van der Waals surface area contributed by atoms with Gasteiger partial charge >= 0.3 is 0 Å². The minimum Gasteiger partial charge on any atom is -0.368 e. The van der Waals surface area contributed by atoms with E-state index in [2.05, 4.69) is 10.3 Å². The molecule has 1 atom stereocenters. The van der Waals surface area contributed by atoms with Crippen LogP contribution in [0.5, 0.6) is 0 Å². The molecule has 1 aromatic carbocycles. The van der Waals surface area contributed by atoms with E-state index in [9.17, 15) is 23.2 Å². The number of carbonyl (C=O) groups excluding carboxylic acids is 3. The predicted octanol–water partition coefficient (Wildman–Crippen LogP) is 0.904. The molecule has 1 aliphatic heterocycles. The van der Waals surface area contributed by atoms with E-state index in [1.807, 2.05) is 0 Å². The van der Waals surface area contributed by atoms with Gasteiger partial charge in [0.2, 0.25) is 11.8 Å². The molecular weight excluding hydrogens is 366 g/mol.